The highest BCUT2D eigenvalue weighted by Crippen LogP contribution is 1.80. The van der Waals surface area contributed by atoms with Crippen LogP contribution in [0.15, 0.2) is 17.2 Å². The highest BCUT2D eigenvalue weighted by Gasteiger charge is 1.92. The van der Waals surface area contributed by atoms with E-state index in [1.807, 2.05) is 0 Å². The van der Waals surface area contributed by atoms with Crippen molar-refractivity contribution in [3.63, 3.8) is 0 Å². The minimum atomic E-state index is -0.252. The van der Waals surface area contributed by atoms with Gasteiger partial charge in [0.25, 0.3) is 5.56 Å². The average Bonchev–Trinajstić information content (AvgIpc) is 1.83. The van der Waals surface area contributed by atoms with E-state index in [4.69, 9.17) is 5.73 Å². The Hall–Kier alpha value is -1.32. The Kier molecular flexibility index (Phi) is 1.22. The van der Waals surface area contributed by atoms with Gasteiger partial charge in [0.15, 0.2) is 5.82 Å². The van der Waals surface area contributed by atoms with E-state index in [1.54, 1.807) is 13.2 Å². The lowest BCUT2D eigenvalue weighted by atomic mass is 10.6. The Labute approximate surface area is 51.9 Å². The van der Waals surface area contributed by atoms with Crippen LogP contribution in [-0.2, 0) is 7.05 Å². The lowest BCUT2D eigenvalue weighted by molar-refractivity contribution is 0.847. The van der Waals surface area contributed by atoms with E-state index in [1.165, 1.54) is 10.8 Å². The monoisotopic (exact) mass is 125 g/mol. The van der Waals surface area contributed by atoms with Crippen molar-refractivity contribution in [1.82, 2.24) is 9.55 Å². The van der Waals surface area contributed by atoms with Gasteiger partial charge < -0.3 is 10.3 Å². The van der Waals surface area contributed by atoms with Gasteiger partial charge in [-0.05, 0) is 0 Å². The van der Waals surface area contributed by atoms with Crippen LogP contribution in [-0.4, -0.2) is 9.55 Å². The first-order valence-corrected chi connectivity index (χ1v) is 2.49. The molecule has 48 valence electrons. The van der Waals surface area contributed by atoms with Crippen LogP contribution in [0.1, 0.15) is 0 Å². The molecule has 0 aromatic carbocycles. The molecule has 0 fully saturated rings. The van der Waals surface area contributed by atoms with E-state index < -0.39 is 0 Å². The SMILES string of the molecule is Cn1ccnc(N)c1=O. The Balaban J connectivity index is 3.43. The topological polar surface area (TPSA) is 60.9 Å². The molecule has 0 unspecified atom stereocenters. The summed E-state index contributed by atoms with van der Waals surface area (Å²) in [5, 5.41) is 0. The number of rotatable bonds is 0. The molecule has 1 aromatic heterocycles. The van der Waals surface area contributed by atoms with Gasteiger partial charge in [0.2, 0.25) is 0 Å². The molecule has 1 rings (SSSR count). The third-order valence-electron chi connectivity index (χ3n) is 1.04. The maximum absolute atomic E-state index is 10.7. The van der Waals surface area contributed by atoms with Crippen molar-refractivity contribution in [2.24, 2.45) is 7.05 Å². The van der Waals surface area contributed by atoms with E-state index in [0.717, 1.165) is 0 Å². The molecule has 0 atom stereocenters. The molecular formula is C5H7N3O. The first-order valence-electron chi connectivity index (χ1n) is 2.49. The normalized spacial score (nSPS) is 9.44. The molecule has 0 amide bonds. The number of hydrogen-bond donors (Lipinski definition) is 1. The Morgan fingerprint density at radius 3 is 2.89 bits per heavy atom. The number of nitrogen functional groups attached to an aromatic ring is 1. The second kappa shape index (κ2) is 1.89. The maximum Gasteiger partial charge on any atom is 0.292 e. The third-order valence-corrected chi connectivity index (χ3v) is 1.04. The summed E-state index contributed by atoms with van der Waals surface area (Å²) in [5.41, 5.74) is 4.92. The van der Waals surface area contributed by atoms with Gasteiger partial charge in [-0.25, -0.2) is 4.98 Å². The van der Waals surface area contributed by atoms with E-state index in [9.17, 15) is 4.79 Å². The van der Waals surface area contributed by atoms with E-state index in [0.29, 0.717) is 0 Å². The minimum absolute atomic E-state index is 0.0417. The molecule has 4 heteroatoms. The molecule has 0 aliphatic rings. The molecule has 0 saturated heterocycles. The summed E-state index contributed by atoms with van der Waals surface area (Å²) in [5.74, 6) is 0.0417. The van der Waals surface area contributed by atoms with Crippen LogP contribution >= 0.6 is 0 Å². The van der Waals surface area contributed by atoms with Crippen molar-refractivity contribution in [3.05, 3.63) is 22.7 Å². The highest BCUT2D eigenvalue weighted by molar-refractivity contribution is 5.21. The van der Waals surface area contributed by atoms with Gasteiger partial charge in [-0.15, -0.1) is 0 Å². The van der Waals surface area contributed by atoms with E-state index in [2.05, 4.69) is 4.98 Å². The van der Waals surface area contributed by atoms with Crippen LogP contribution in [0.4, 0.5) is 5.82 Å². The fourth-order valence-electron chi connectivity index (χ4n) is 0.517. The fraction of sp³-hybridized carbons (Fsp3) is 0.200. The van der Waals surface area contributed by atoms with Crippen molar-refractivity contribution in [2.75, 3.05) is 5.73 Å². The van der Waals surface area contributed by atoms with Gasteiger partial charge in [-0.2, -0.15) is 0 Å². The van der Waals surface area contributed by atoms with Crippen LogP contribution in [0.3, 0.4) is 0 Å². The van der Waals surface area contributed by atoms with Crippen LogP contribution in [0.2, 0.25) is 0 Å². The second-order valence-corrected chi connectivity index (χ2v) is 1.73. The maximum atomic E-state index is 10.7. The number of aryl methyl sites for hydroxylation is 1. The summed E-state index contributed by atoms with van der Waals surface area (Å²) in [6, 6.07) is 0. The third kappa shape index (κ3) is 0.910. The summed E-state index contributed by atoms with van der Waals surface area (Å²) in [6.07, 6.45) is 3.04. The largest absolute Gasteiger partial charge is 0.379 e. The van der Waals surface area contributed by atoms with Gasteiger partial charge in [0.1, 0.15) is 0 Å². The predicted molar refractivity (Wildman–Crippen MR) is 33.9 cm³/mol. The highest BCUT2D eigenvalue weighted by atomic mass is 16.1. The zero-order chi connectivity index (χ0) is 6.85. The summed E-state index contributed by atoms with van der Waals surface area (Å²) >= 11 is 0. The van der Waals surface area contributed by atoms with Crippen molar-refractivity contribution in [1.29, 1.82) is 0 Å². The second-order valence-electron chi connectivity index (χ2n) is 1.73. The number of nitrogens with two attached hydrogens (primary N) is 1. The molecule has 9 heavy (non-hydrogen) atoms. The molecule has 0 aliphatic heterocycles. The molecule has 2 N–H and O–H groups in total. The number of hydrogen-bond acceptors (Lipinski definition) is 3. The summed E-state index contributed by atoms with van der Waals surface area (Å²) in [4.78, 5) is 14.3. The molecule has 4 nitrogen and oxygen atoms in total. The van der Waals surface area contributed by atoms with Gasteiger partial charge >= 0.3 is 0 Å². The average molecular weight is 125 g/mol. The van der Waals surface area contributed by atoms with Crippen LogP contribution in [0.5, 0.6) is 0 Å². The van der Waals surface area contributed by atoms with Crippen molar-refractivity contribution in [3.8, 4) is 0 Å². The Bertz CT molecular complexity index is 242. The first kappa shape index (κ1) is 5.81. The van der Waals surface area contributed by atoms with Crippen LogP contribution in [0, 0.1) is 0 Å². The van der Waals surface area contributed by atoms with Gasteiger partial charge in [0.05, 0.1) is 0 Å². The van der Waals surface area contributed by atoms with E-state index >= 15 is 0 Å². The molecule has 0 spiro atoms. The Morgan fingerprint density at radius 1 is 1.78 bits per heavy atom. The molecule has 0 saturated carbocycles. The van der Waals surface area contributed by atoms with Gasteiger partial charge in [-0.1, -0.05) is 0 Å². The van der Waals surface area contributed by atoms with Crippen LogP contribution < -0.4 is 11.3 Å². The van der Waals surface area contributed by atoms with E-state index in [-0.39, 0.29) is 11.4 Å². The molecule has 0 aliphatic carbocycles. The smallest absolute Gasteiger partial charge is 0.292 e. The Morgan fingerprint density at radius 2 is 2.44 bits per heavy atom. The summed E-state index contributed by atoms with van der Waals surface area (Å²) < 4.78 is 1.38. The standard InChI is InChI=1S/C5H7N3O/c1-8-3-2-7-4(6)5(8)9/h2-3H,1H3,(H2,6,7). The first-order chi connectivity index (χ1) is 4.22. The zero-order valence-corrected chi connectivity index (χ0v) is 5.03. The number of anilines is 1. The fourth-order valence-corrected chi connectivity index (χ4v) is 0.517. The lowest BCUT2D eigenvalue weighted by Gasteiger charge is -1.93. The van der Waals surface area contributed by atoms with Gasteiger partial charge in [-0.3, -0.25) is 4.79 Å². The lowest BCUT2D eigenvalue weighted by Crippen LogP contribution is -2.20. The summed E-state index contributed by atoms with van der Waals surface area (Å²) in [6.45, 7) is 0. The number of aromatic nitrogens is 2. The summed E-state index contributed by atoms with van der Waals surface area (Å²) in [7, 11) is 1.63. The quantitative estimate of drug-likeness (QED) is 0.501. The van der Waals surface area contributed by atoms with Crippen molar-refractivity contribution < 1.29 is 0 Å². The molecular weight excluding hydrogens is 118 g/mol. The predicted octanol–water partition coefficient (Wildman–Crippen LogP) is -0.638. The zero-order valence-electron chi connectivity index (χ0n) is 5.03. The molecule has 0 radical (unpaired) electrons. The number of nitrogens with zero attached hydrogens (tertiary/aromatic N) is 2. The van der Waals surface area contributed by atoms with Crippen molar-refractivity contribution >= 4 is 5.82 Å². The van der Waals surface area contributed by atoms with Gasteiger partial charge in [0, 0.05) is 19.4 Å². The molecule has 0 bridgehead atoms. The van der Waals surface area contributed by atoms with Crippen LogP contribution in [0.25, 0.3) is 0 Å². The van der Waals surface area contributed by atoms with Crippen molar-refractivity contribution in [2.45, 2.75) is 0 Å². The molecule has 1 heterocycles. The minimum Gasteiger partial charge on any atom is -0.379 e. The molecule has 1 aromatic rings.